The van der Waals surface area contributed by atoms with Gasteiger partial charge in [0.25, 0.3) is 0 Å². The zero-order valence-electron chi connectivity index (χ0n) is 17.0. The number of hydrogen-bond acceptors (Lipinski definition) is 9. The first-order valence-electron chi connectivity index (χ1n) is 9.51. The van der Waals surface area contributed by atoms with Crippen LogP contribution in [0.3, 0.4) is 0 Å². The predicted molar refractivity (Wildman–Crippen MR) is 114 cm³/mol. The molecule has 0 spiro atoms. The van der Waals surface area contributed by atoms with Crippen LogP contribution in [0.1, 0.15) is 6.42 Å². The van der Waals surface area contributed by atoms with Gasteiger partial charge in [-0.2, -0.15) is 4.68 Å². The second-order valence-corrected chi connectivity index (χ2v) is 7.40. The van der Waals surface area contributed by atoms with Crippen molar-refractivity contribution in [3.8, 4) is 28.7 Å². The van der Waals surface area contributed by atoms with Gasteiger partial charge in [0.1, 0.15) is 17.2 Å². The molecule has 31 heavy (non-hydrogen) atoms. The molecule has 3 aromatic rings. The number of anilines is 1. The number of carbonyl (C=O) groups is 1. The monoisotopic (exact) mass is 443 g/mol. The topological polar surface area (TPSA) is 110 Å². The number of ether oxygens (including phenoxy) is 4. The van der Waals surface area contributed by atoms with Gasteiger partial charge in [0.05, 0.1) is 33.2 Å². The summed E-state index contributed by atoms with van der Waals surface area (Å²) < 4.78 is 23.5. The smallest absolute Gasteiger partial charge is 0.234 e. The molecule has 1 aromatic heterocycles. The van der Waals surface area contributed by atoms with E-state index in [2.05, 4.69) is 20.8 Å². The van der Waals surface area contributed by atoms with Crippen molar-refractivity contribution >= 4 is 23.4 Å². The van der Waals surface area contributed by atoms with Crippen LogP contribution in [0.15, 0.2) is 41.6 Å². The lowest BCUT2D eigenvalue weighted by molar-refractivity contribution is -0.113. The third-order valence-corrected chi connectivity index (χ3v) is 5.34. The summed E-state index contributed by atoms with van der Waals surface area (Å²) in [6, 6.07) is 10.6. The highest BCUT2D eigenvalue weighted by Crippen LogP contribution is 2.33. The number of aromatic nitrogens is 4. The predicted octanol–water partition coefficient (Wildman–Crippen LogP) is 2.57. The van der Waals surface area contributed by atoms with Gasteiger partial charge in [-0.1, -0.05) is 11.8 Å². The zero-order chi connectivity index (χ0) is 21.6. The Bertz CT molecular complexity index is 1070. The molecule has 2 heterocycles. The molecular formula is C20H21N5O5S. The van der Waals surface area contributed by atoms with E-state index in [9.17, 15) is 4.79 Å². The average Bonchev–Trinajstić information content (AvgIpc) is 3.14. The molecule has 0 bridgehead atoms. The Kier molecular flexibility index (Phi) is 6.41. The molecule has 0 saturated heterocycles. The fourth-order valence-electron chi connectivity index (χ4n) is 2.95. The maximum absolute atomic E-state index is 12.5. The van der Waals surface area contributed by atoms with Gasteiger partial charge in [0.15, 0.2) is 11.5 Å². The van der Waals surface area contributed by atoms with Crippen molar-refractivity contribution in [2.24, 2.45) is 0 Å². The summed E-state index contributed by atoms with van der Waals surface area (Å²) in [5, 5.41) is 15.1. The second-order valence-electron chi connectivity index (χ2n) is 6.46. The van der Waals surface area contributed by atoms with Gasteiger partial charge in [-0.05, 0) is 34.7 Å². The molecule has 0 unspecified atom stereocenters. The number of tetrazole rings is 1. The van der Waals surface area contributed by atoms with Crippen LogP contribution in [0, 0.1) is 0 Å². The van der Waals surface area contributed by atoms with Crippen LogP contribution in [-0.4, -0.2) is 59.3 Å². The number of carbonyl (C=O) groups excluding carboxylic acids is 1. The van der Waals surface area contributed by atoms with Gasteiger partial charge in [-0.25, -0.2) is 0 Å². The van der Waals surface area contributed by atoms with Crippen LogP contribution in [0.5, 0.6) is 23.0 Å². The highest BCUT2D eigenvalue weighted by atomic mass is 32.2. The molecule has 0 radical (unpaired) electrons. The number of rotatable bonds is 7. The summed E-state index contributed by atoms with van der Waals surface area (Å²) >= 11 is 1.20. The number of methoxy groups -OCH3 is 2. The van der Waals surface area contributed by atoms with Gasteiger partial charge in [0.2, 0.25) is 11.1 Å². The molecule has 0 fully saturated rings. The van der Waals surface area contributed by atoms with Crippen molar-refractivity contribution in [3.63, 3.8) is 0 Å². The Labute approximate surface area is 182 Å². The first-order valence-corrected chi connectivity index (χ1v) is 10.5. The number of fused-ring (bicyclic) bond motifs is 1. The van der Waals surface area contributed by atoms with Crippen molar-refractivity contribution in [1.82, 2.24) is 20.2 Å². The molecule has 0 saturated carbocycles. The maximum atomic E-state index is 12.5. The van der Waals surface area contributed by atoms with E-state index < -0.39 is 0 Å². The lowest BCUT2D eigenvalue weighted by atomic mass is 10.2. The summed E-state index contributed by atoms with van der Waals surface area (Å²) in [5.74, 6) is 2.42. The molecular weight excluding hydrogens is 422 g/mol. The van der Waals surface area contributed by atoms with E-state index in [1.807, 2.05) is 0 Å². The Morgan fingerprint density at radius 3 is 2.77 bits per heavy atom. The normalized spacial score (nSPS) is 12.7. The van der Waals surface area contributed by atoms with Crippen LogP contribution < -0.4 is 24.3 Å². The Morgan fingerprint density at radius 2 is 1.97 bits per heavy atom. The fourth-order valence-corrected chi connectivity index (χ4v) is 3.63. The summed E-state index contributed by atoms with van der Waals surface area (Å²) in [4.78, 5) is 12.5. The highest BCUT2D eigenvalue weighted by Gasteiger charge is 2.17. The lowest BCUT2D eigenvalue weighted by Crippen LogP contribution is -2.14. The first-order chi connectivity index (χ1) is 15.2. The largest absolute Gasteiger partial charge is 0.497 e. The number of benzene rings is 2. The maximum Gasteiger partial charge on any atom is 0.234 e. The molecule has 2 aromatic carbocycles. The fraction of sp³-hybridized carbons (Fsp3) is 0.300. The molecule has 1 aliphatic rings. The van der Waals surface area contributed by atoms with Crippen LogP contribution in [0.2, 0.25) is 0 Å². The van der Waals surface area contributed by atoms with E-state index in [0.717, 1.165) is 6.42 Å². The minimum Gasteiger partial charge on any atom is -0.497 e. The molecule has 1 N–H and O–H groups in total. The van der Waals surface area contributed by atoms with E-state index in [0.29, 0.717) is 52.7 Å². The van der Waals surface area contributed by atoms with Crippen LogP contribution in [0.4, 0.5) is 5.69 Å². The number of nitrogens with one attached hydrogen (secondary N) is 1. The van der Waals surface area contributed by atoms with Crippen molar-refractivity contribution in [2.45, 2.75) is 11.6 Å². The minimum absolute atomic E-state index is 0.112. The summed E-state index contributed by atoms with van der Waals surface area (Å²) in [7, 11) is 3.13. The highest BCUT2D eigenvalue weighted by molar-refractivity contribution is 7.99. The number of nitrogens with zero attached hydrogens (tertiary/aromatic N) is 4. The van der Waals surface area contributed by atoms with E-state index in [-0.39, 0.29) is 11.7 Å². The molecule has 0 aliphatic carbocycles. The van der Waals surface area contributed by atoms with Crippen LogP contribution in [0.25, 0.3) is 5.69 Å². The van der Waals surface area contributed by atoms with Gasteiger partial charge in [-0.3, -0.25) is 4.79 Å². The second kappa shape index (κ2) is 9.56. The molecule has 11 heteroatoms. The average molecular weight is 443 g/mol. The lowest BCUT2D eigenvalue weighted by Gasteiger charge is -2.11. The molecule has 10 nitrogen and oxygen atoms in total. The third kappa shape index (κ3) is 4.82. The van der Waals surface area contributed by atoms with E-state index in [4.69, 9.17) is 18.9 Å². The quantitative estimate of drug-likeness (QED) is 0.551. The SMILES string of the molecule is COc1ccc(OC)c(-n2nnnc2SCC(=O)Nc2ccc3c(c2)OCCCO3)c1. The number of thioether (sulfide) groups is 1. The van der Waals surface area contributed by atoms with E-state index in [1.54, 1.807) is 50.6 Å². The molecule has 1 aliphatic heterocycles. The van der Waals surface area contributed by atoms with Gasteiger partial charge in [0, 0.05) is 24.2 Å². The van der Waals surface area contributed by atoms with E-state index in [1.165, 1.54) is 16.4 Å². The summed E-state index contributed by atoms with van der Waals surface area (Å²) in [5.41, 5.74) is 1.24. The third-order valence-electron chi connectivity index (χ3n) is 4.42. The number of amides is 1. The van der Waals surface area contributed by atoms with Crippen LogP contribution in [-0.2, 0) is 4.79 Å². The van der Waals surface area contributed by atoms with E-state index >= 15 is 0 Å². The van der Waals surface area contributed by atoms with Gasteiger partial charge >= 0.3 is 0 Å². The number of hydrogen-bond donors (Lipinski definition) is 1. The van der Waals surface area contributed by atoms with Gasteiger partial charge in [-0.15, -0.1) is 5.10 Å². The Balaban J connectivity index is 1.44. The standard InChI is InChI=1S/C20H21N5O5S/c1-27-14-5-7-16(28-2)15(11-14)25-20(22-23-24-25)31-12-19(26)21-13-4-6-17-18(10-13)30-9-3-8-29-17/h4-7,10-11H,3,8-9,12H2,1-2H3,(H,21,26). The molecule has 4 rings (SSSR count). The minimum atomic E-state index is -0.202. The van der Waals surface area contributed by atoms with Crippen molar-refractivity contribution < 1.29 is 23.7 Å². The van der Waals surface area contributed by atoms with Crippen LogP contribution >= 0.6 is 11.8 Å². The van der Waals surface area contributed by atoms with Gasteiger partial charge < -0.3 is 24.3 Å². The zero-order valence-corrected chi connectivity index (χ0v) is 17.8. The molecule has 162 valence electrons. The summed E-state index contributed by atoms with van der Waals surface area (Å²) in [6.07, 6.45) is 0.819. The molecule has 1 amide bonds. The Morgan fingerprint density at radius 1 is 1.13 bits per heavy atom. The van der Waals surface area contributed by atoms with Crippen molar-refractivity contribution in [3.05, 3.63) is 36.4 Å². The summed E-state index contributed by atoms with van der Waals surface area (Å²) in [6.45, 7) is 1.19. The van der Waals surface area contributed by atoms with Crippen molar-refractivity contribution in [2.75, 3.05) is 38.5 Å². The van der Waals surface area contributed by atoms with Crippen molar-refractivity contribution in [1.29, 1.82) is 0 Å². The Hall–Kier alpha value is -3.47. The first kappa shape index (κ1) is 20.8. The molecule has 0 atom stereocenters.